The highest BCUT2D eigenvalue weighted by atomic mass is 32.1. The Morgan fingerprint density at radius 1 is 1.47 bits per heavy atom. The van der Waals surface area contributed by atoms with E-state index in [9.17, 15) is 4.79 Å². The molecule has 0 aliphatic carbocycles. The molecule has 2 heterocycles. The second-order valence-corrected chi connectivity index (χ2v) is 6.00. The molecule has 19 heavy (non-hydrogen) atoms. The molecule has 0 radical (unpaired) electrons. The molecular weight excluding hydrogens is 282 g/mol. The third kappa shape index (κ3) is 3.37. The zero-order chi connectivity index (χ0) is 13.8. The van der Waals surface area contributed by atoms with Crippen molar-refractivity contribution in [3.63, 3.8) is 0 Å². The maximum atomic E-state index is 12.1. The highest BCUT2D eigenvalue weighted by molar-refractivity contribution is 7.14. The molecule has 102 valence electrons. The Hall–Kier alpha value is -1.31. The minimum absolute atomic E-state index is 0.205. The third-order valence-electron chi connectivity index (χ3n) is 2.40. The van der Waals surface area contributed by atoms with Gasteiger partial charge in [-0.15, -0.1) is 22.7 Å². The number of nitrogens with one attached hydrogen (secondary N) is 1. The van der Waals surface area contributed by atoms with Gasteiger partial charge in [0.05, 0.1) is 17.8 Å². The molecule has 0 aliphatic heterocycles. The van der Waals surface area contributed by atoms with Gasteiger partial charge >= 0.3 is 0 Å². The third-order valence-corrected chi connectivity index (χ3v) is 4.33. The number of nitrogens with zero attached hydrogens (tertiary/aromatic N) is 2. The first-order chi connectivity index (χ1) is 9.11. The van der Waals surface area contributed by atoms with Gasteiger partial charge < -0.3 is 4.74 Å². The van der Waals surface area contributed by atoms with Crippen LogP contribution in [-0.2, 0) is 11.3 Å². The molecule has 0 fully saturated rings. The number of rotatable bonds is 5. The van der Waals surface area contributed by atoms with Crippen molar-refractivity contribution in [3.05, 3.63) is 27.2 Å². The highest BCUT2D eigenvalue weighted by Crippen LogP contribution is 2.24. The predicted molar refractivity (Wildman–Crippen MR) is 77.0 cm³/mol. The van der Waals surface area contributed by atoms with Crippen molar-refractivity contribution in [2.45, 2.75) is 26.4 Å². The second-order valence-electron chi connectivity index (χ2n) is 4.25. The number of hydrogen-bond acceptors (Lipinski definition) is 6. The number of thiazole rings is 2. The fourth-order valence-electron chi connectivity index (χ4n) is 1.57. The average Bonchev–Trinajstić information content (AvgIpc) is 2.98. The van der Waals surface area contributed by atoms with Crippen LogP contribution in [0, 0.1) is 0 Å². The van der Waals surface area contributed by atoms with E-state index in [2.05, 4.69) is 15.3 Å². The van der Waals surface area contributed by atoms with Crippen molar-refractivity contribution in [3.8, 4) is 0 Å². The lowest BCUT2D eigenvalue weighted by molar-refractivity contribution is 0.102. The van der Waals surface area contributed by atoms with Crippen LogP contribution in [0.3, 0.4) is 0 Å². The molecule has 0 aliphatic rings. The highest BCUT2D eigenvalue weighted by Gasteiger charge is 2.18. The van der Waals surface area contributed by atoms with Crippen LogP contribution in [0.2, 0.25) is 0 Å². The van der Waals surface area contributed by atoms with E-state index in [-0.39, 0.29) is 11.8 Å². The Balaban J connectivity index is 2.09. The Morgan fingerprint density at radius 2 is 2.26 bits per heavy atom. The molecule has 2 aromatic rings. The first-order valence-electron chi connectivity index (χ1n) is 5.80. The standard InChI is InChI=1S/C12H15N3O2S2/c1-7(2)10-9(13-6-19-10)11(16)15-12-14-8(4-17-3)5-18-12/h5-7H,4H2,1-3H3,(H,14,15,16). The number of anilines is 1. The van der Waals surface area contributed by atoms with Gasteiger partial charge in [-0.3, -0.25) is 10.1 Å². The smallest absolute Gasteiger partial charge is 0.277 e. The fraction of sp³-hybridized carbons (Fsp3) is 0.417. The summed E-state index contributed by atoms with van der Waals surface area (Å²) in [6.45, 7) is 4.54. The van der Waals surface area contributed by atoms with Crippen molar-refractivity contribution in [2.75, 3.05) is 12.4 Å². The van der Waals surface area contributed by atoms with Crippen LogP contribution in [0.25, 0.3) is 0 Å². The lowest BCUT2D eigenvalue weighted by atomic mass is 10.1. The predicted octanol–water partition coefficient (Wildman–Crippen LogP) is 3.12. The quantitative estimate of drug-likeness (QED) is 0.921. The molecule has 7 heteroatoms. The van der Waals surface area contributed by atoms with Crippen LogP contribution in [0.5, 0.6) is 0 Å². The summed E-state index contributed by atoms with van der Waals surface area (Å²) in [5, 5.41) is 5.21. The topological polar surface area (TPSA) is 64.1 Å². The molecule has 0 saturated heterocycles. The van der Waals surface area contributed by atoms with Gasteiger partial charge in [0.2, 0.25) is 0 Å². The van der Waals surface area contributed by atoms with Gasteiger partial charge in [0.25, 0.3) is 5.91 Å². The lowest BCUT2D eigenvalue weighted by Gasteiger charge is -2.04. The van der Waals surface area contributed by atoms with Gasteiger partial charge in [-0.25, -0.2) is 9.97 Å². The van der Waals surface area contributed by atoms with E-state index >= 15 is 0 Å². The molecule has 1 amide bonds. The molecule has 0 aromatic carbocycles. The zero-order valence-corrected chi connectivity index (χ0v) is 12.6. The Bertz CT molecular complexity index is 563. The monoisotopic (exact) mass is 297 g/mol. The number of hydrogen-bond donors (Lipinski definition) is 1. The molecule has 0 spiro atoms. The summed E-state index contributed by atoms with van der Waals surface area (Å²) in [5.41, 5.74) is 3.00. The first kappa shape index (κ1) is 14.1. The van der Waals surface area contributed by atoms with Crippen molar-refractivity contribution < 1.29 is 9.53 Å². The van der Waals surface area contributed by atoms with Crippen molar-refractivity contribution in [1.82, 2.24) is 9.97 Å². The fourth-order valence-corrected chi connectivity index (χ4v) is 3.06. The summed E-state index contributed by atoms with van der Waals surface area (Å²) >= 11 is 2.88. The molecule has 0 unspecified atom stereocenters. The van der Waals surface area contributed by atoms with Crippen LogP contribution in [0.1, 0.15) is 40.8 Å². The van der Waals surface area contributed by atoms with Crippen LogP contribution in [0.4, 0.5) is 5.13 Å². The molecule has 5 nitrogen and oxygen atoms in total. The van der Waals surface area contributed by atoms with E-state index in [0.29, 0.717) is 17.4 Å². The minimum Gasteiger partial charge on any atom is -0.378 e. The van der Waals surface area contributed by atoms with Crippen molar-refractivity contribution >= 4 is 33.7 Å². The minimum atomic E-state index is -0.205. The molecule has 2 aromatic heterocycles. The summed E-state index contributed by atoms with van der Waals surface area (Å²) in [6.07, 6.45) is 0. The zero-order valence-electron chi connectivity index (χ0n) is 11.0. The van der Waals surface area contributed by atoms with E-state index in [4.69, 9.17) is 4.74 Å². The second kappa shape index (κ2) is 6.23. The first-order valence-corrected chi connectivity index (χ1v) is 7.55. The number of aromatic nitrogens is 2. The van der Waals surface area contributed by atoms with Gasteiger partial charge in [0, 0.05) is 17.4 Å². The van der Waals surface area contributed by atoms with E-state index in [1.807, 2.05) is 19.2 Å². The number of methoxy groups -OCH3 is 1. The average molecular weight is 297 g/mol. The maximum absolute atomic E-state index is 12.1. The molecule has 0 bridgehead atoms. The summed E-state index contributed by atoms with van der Waals surface area (Å²) < 4.78 is 4.99. The molecule has 1 N–H and O–H groups in total. The Kier molecular flexibility index (Phi) is 4.62. The van der Waals surface area contributed by atoms with E-state index in [1.54, 1.807) is 12.6 Å². The van der Waals surface area contributed by atoms with E-state index < -0.39 is 0 Å². The van der Waals surface area contributed by atoms with Gasteiger partial charge in [-0.05, 0) is 5.92 Å². The van der Waals surface area contributed by atoms with Crippen molar-refractivity contribution in [1.29, 1.82) is 0 Å². The molecule has 0 saturated carbocycles. The van der Waals surface area contributed by atoms with Crippen LogP contribution in [0.15, 0.2) is 10.9 Å². The summed E-state index contributed by atoms with van der Waals surface area (Å²) in [4.78, 5) is 21.5. The van der Waals surface area contributed by atoms with Crippen LogP contribution >= 0.6 is 22.7 Å². The number of amides is 1. The molecular formula is C12H15N3O2S2. The molecule has 0 atom stereocenters. The number of carbonyl (C=O) groups excluding carboxylic acids is 1. The summed E-state index contributed by atoms with van der Waals surface area (Å²) in [6, 6.07) is 0. The van der Waals surface area contributed by atoms with Gasteiger partial charge in [0.15, 0.2) is 5.13 Å². The van der Waals surface area contributed by atoms with Crippen LogP contribution < -0.4 is 5.32 Å². The number of ether oxygens (including phenoxy) is 1. The largest absolute Gasteiger partial charge is 0.378 e. The van der Waals surface area contributed by atoms with Gasteiger partial charge in [-0.1, -0.05) is 13.8 Å². The van der Waals surface area contributed by atoms with Crippen molar-refractivity contribution in [2.24, 2.45) is 0 Å². The summed E-state index contributed by atoms with van der Waals surface area (Å²) in [5.74, 6) is 0.0804. The van der Waals surface area contributed by atoms with E-state index in [0.717, 1.165) is 10.6 Å². The van der Waals surface area contributed by atoms with Crippen LogP contribution in [-0.4, -0.2) is 23.0 Å². The van der Waals surface area contributed by atoms with Gasteiger partial charge in [0.1, 0.15) is 5.69 Å². The normalized spacial score (nSPS) is 10.9. The van der Waals surface area contributed by atoms with Gasteiger partial charge in [-0.2, -0.15) is 0 Å². The van der Waals surface area contributed by atoms with E-state index in [1.165, 1.54) is 22.7 Å². The number of carbonyl (C=O) groups is 1. The molecule has 2 rings (SSSR count). The Labute approximate surface area is 119 Å². The summed E-state index contributed by atoms with van der Waals surface area (Å²) in [7, 11) is 1.61. The Morgan fingerprint density at radius 3 is 2.95 bits per heavy atom. The maximum Gasteiger partial charge on any atom is 0.277 e. The SMILES string of the molecule is COCc1csc(NC(=O)c2ncsc2C(C)C)n1. The lowest BCUT2D eigenvalue weighted by Crippen LogP contribution is -2.14.